The summed E-state index contributed by atoms with van der Waals surface area (Å²) in [4.78, 5) is 11.2. The third-order valence-electron chi connectivity index (χ3n) is 3.55. The highest BCUT2D eigenvalue weighted by molar-refractivity contribution is 5.65. The van der Waals surface area contributed by atoms with Crippen molar-refractivity contribution in [1.82, 2.24) is 19.7 Å². The minimum atomic E-state index is 0.835. The average Bonchev–Trinajstić information content (AvgIpc) is 2.51. The Kier molecular flexibility index (Phi) is 2.54. The SMILES string of the molecule is Cc1nn(C)c(C)c1-c1ccnc(N2CCC2)n1. The molecule has 1 aliphatic heterocycles. The molecule has 3 heterocycles. The van der Waals surface area contributed by atoms with Crippen LogP contribution < -0.4 is 4.90 Å². The fourth-order valence-electron chi connectivity index (χ4n) is 2.30. The van der Waals surface area contributed by atoms with Crippen molar-refractivity contribution in [3.8, 4) is 11.3 Å². The fourth-order valence-corrected chi connectivity index (χ4v) is 2.30. The van der Waals surface area contributed by atoms with E-state index in [9.17, 15) is 0 Å². The standard InChI is InChI=1S/C13H17N5/c1-9-12(10(2)17(3)16-9)11-5-6-14-13(15-11)18-7-4-8-18/h5-6H,4,7-8H2,1-3H3. The van der Waals surface area contributed by atoms with Crippen molar-refractivity contribution in [1.29, 1.82) is 0 Å². The van der Waals surface area contributed by atoms with Gasteiger partial charge in [-0.1, -0.05) is 0 Å². The first kappa shape index (κ1) is 11.2. The van der Waals surface area contributed by atoms with Gasteiger partial charge >= 0.3 is 0 Å². The van der Waals surface area contributed by atoms with E-state index in [1.807, 2.05) is 30.9 Å². The molecular formula is C13H17N5. The normalized spacial score (nSPS) is 14.7. The van der Waals surface area contributed by atoms with E-state index in [4.69, 9.17) is 0 Å². The van der Waals surface area contributed by atoms with Crippen molar-refractivity contribution in [3.05, 3.63) is 23.7 Å². The zero-order valence-electron chi connectivity index (χ0n) is 11.0. The van der Waals surface area contributed by atoms with Gasteiger partial charge in [0.25, 0.3) is 0 Å². The number of anilines is 1. The zero-order valence-corrected chi connectivity index (χ0v) is 11.0. The predicted molar refractivity (Wildman–Crippen MR) is 70.5 cm³/mol. The van der Waals surface area contributed by atoms with Gasteiger partial charge in [0.15, 0.2) is 0 Å². The number of rotatable bonds is 2. The van der Waals surface area contributed by atoms with Crippen LogP contribution in [0.3, 0.4) is 0 Å². The Morgan fingerprint density at radius 2 is 2.00 bits per heavy atom. The summed E-state index contributed by atoms with van der Waals surface area (Å²) in [5.74, 6) is 0.835. The van der Waals surface area contributed by atoms with Gasteiger partial charge in [0.1, 0.15) is 0 Å². The second kappa shape index (κ2) is 4.08. The molecule has 0 bridgehead atoms. The molecule has 0 amide bonds. The van der Waals surface area contributed by atoms with Crippen LogP contribution in [0.25, 0.3) is 11.3 Å². The summed E-state index contributed by atoms with van der Waals surface area (Å²) in [6.07, 6.45) is 3.07. The fraction of sp³-hybridized carbons (Fsp3) is 0.462. The minimum absolute atomic E-state index is 0.835. The number of aryl methyl sites for hydroxylation is 2. The quantitative estimate of drug-likeness (QED) is 0.805. The number of hydrogen-bond acceptors (Lipinski definition) is 4. The summed E-state index contributed by atoms with van der Waals surface area (Å²) in [6, 6.07) is 1.96. The highest BCUT2D eigenvalue weighted by atomic mass is 15.3. The molecule has 0 atom stereocenters. The van der Waals surface area contributed by atoms with E-state index in [0.717, 1.165) is 41.7 Å². The average molecular weight is 243 g/mol. The maximum absolute atomic E-state index is 4.66. The Morgan fingerprint density at radius 1 is 1.22 bits per heavy atom. The Bertz CT molecular complexity index is 583. The van der Waals surface area contributed by atoms with E-state index >= 15 is 0 Å². The Morgan fingerprint density at radius 3 is 2.56 bits per heavy atom. The molecule has 1 saturated heterocycles. The van der Waals surface area contributed by atoms with Gasteiger partial charge in [-0.15, -0.1) is 0 Å². The first-order chi connectivity index (χ1) is 8.66. The molecular weight excluding hydrogens is 226 g/mol. The molecule has 0 aromatic carbocycles. The molecule has 0 spiro atoms. The first-order valence-electron chi connectivity index (χ1n) is 6.25. The summed E-state index contributed by atoms with van der Waals surface area (Å²) in [6.45, 7) is 6.22. The van der Waals surface area contributed by atoms with Gasteiger partial charge in [0.2, 0.25) is 5.95 Å². The Labute approximate surface area is 106 Å². The molecule has 94 valence electrons. The van der Waals surface area contributed by atoms with Crippen LogP contribution in [0.2, 0.25) is 0 Å². The second-order valence-electron chi connectivity index (χ2n) is 4.75. The summed E-state index contributed by atoms with van der Waals surface area (Å²) in [7, 11) is 1.96. The molecule has 2 aromatic rings. The molecule has 0 saturated carbocycles. The molecule has 0 N–H and O–H groups in total. The van der Waals surface area contributed by atoms with Crippen LogP contribution in [0.15, 0.2) is 12.3 Å². The summed E-state index contributed by atoms with van der Waals surface area (Å²) < 4.78 is 1.90. The van der Waals surface area contributed by atoms with Gasteiger partial charge < -0.3 is 4.90 Å². The van der Waals surface area contributed by atoms with Crippen LogP contribution in [-0.2, 0) is 7.05 Å². The van der Waals surface area contributed by atoms with Crippen LogP contribution >= 0.6 is 0 Å². The van der Waals surface area contributed by atoms with Gasteiger partial charge in [-0.25, -0.2) is 9.97 Å². The topological polar surface area (TPSA) is 46.8 Å². The van der Waals surface area contributed by atoms with Gasteiger partial charge in [-0.3, -0.25) is 4.68 Å². The molecule has 0 radical (unpaired) electrons. The zero-order chi connectivity index (χ0) is 12.7. The van der Waals surface area contributed by atoms with E-state index in [-0.39, 0.29) is 0 Å². The van der Waals surface area contributed by atoms with Crippen LogP contribution in [0.4, 0.5) is 5.95 Å². The molecule has 3 rings (SSSR count). The molecule has 1 aliphatic rings. The molecule has 0 unspecified atom stereocenters. The van der Waals surface area contributed by atoms with E-state index in [2.05, 4.69) is 26.9 Å². The third kappa shape index (κ3) is 1.66. The molecule has 0 aliphatic carbocycles. The number of hydrogen-bond donors (Lipinski definition) is 0. The molecule has 5 heteroatoms. The van der Waals surface area contributed by atoms with E-state index < -0.39 is 0 Å². The number of nitrogens with zero attached hydrogens (tertiary/aromatic N) is 5. The smallest absolute Gasteiger partial charge is 0.225 e. The second-order valence-corrected chi connectivity index (χ2v) is 4.75. The largest absolute Gasteiger partial charge is 0.341 e. The van der Waals surface area contributed by atoms with Crippen LogP contribution in [0.5, 0.6) is 0 Å². The Balaban J connectivity index is 2.05. The first-order valence-corrected chi connectivity index (χ1v) is 6.25. The molecule has 18 heavy (non-hydrogen) atoms. The summed E-state index contributed by atoms with van der Waals surface area (Å²) in [5.41, 5.74) is 4.25. The van der Waals surface area contributed by atoms with Gasteiger partial charge in [0.05, 0.1) is 11.4 Å². The molecule has 5 nitrogen and oxygen atoms in total. The highest BCUT2D eigenvalue weighted by Gasteiger charge is 2.19. The van der Waals surface area contributed by atoms with E-state index in [0.29, 0.717) is 0 Å². The lowest BCUT2D eigenvalue weighted by molar-refractivity contribution is 0.600. The van der Waals surface area contributed by atoms with Gasteiger partial charge in [-0.05, 0) is 26.3 Å². The third-order valence-corrected chi connectivity index (χ3v) is 3.55. The van der Waals surface area contributed by atoms with Crippen molar-refractivity contribution >= 4 is 5.95 Å². The lowest BCUT2D eigenvalue weighted by atomic mass is 10.1. The molecule has 2 aromatic heterocycles. The summed E-state index contributed by atoms with van der Waals surface area (Å²) in [5, 5.41) is 4.44. The van der Waals surface area contributed by atoms with Gasteiger partial charge in [0, 0.05) is 37.6 Å². The van der Waals surface area contributed by atoms with Crippen molar-refractivity contribution in [2.75, 3.05) is 18.0 Å². The van der Waals surface area contributed by atoms with Crippen LogP contribution in [-0.4, -0.2) is 32.8 Å². The minimum Gasteiger partial charge on any atom is -0.341 e. The lowest BCUT2D eigenvalue weighted by Gasteiger charge is -2.30. The maximum Gasteiger partial charge on any atom is 0.225 e. The van der Waals surface area contributed by atoms with Gasteiger partial charge in [-0.2, -0.15) is 5.10 Å². The van der Waals surface area contributed by atoms with E-state index in [1.54, 1.807) is 0 Å². The highest BCUT2D eigenvalue weighted by Crippen LogP contribution is 2.26. The Hall–Kier alpha value is -1.91. The number of aromatic nitrogens is 4. The predicted octanol–water partition coefficient (Wildman–Crippen LogP) is 1.70. The summed E-state index contributed by atoms with van der Waals surface area (Å²) >= 11 is 0. The van der Waals surface area contributed by atoms with Crippen LogP contribution in [0, 0.1) is 13.8 Å². The maximum atomic E-state index is 4.66. The lowest BCUT2D eigenvalue weighted by Crippen LogP contribution is -2.38. The van der Waals surface area contributed by atoms with Crippen molar-refractivity contribution in [3.63, 3.8) is 0 Å². The van der Waals surface area contributed by atoms with Crippen molar-refractivity contribution in [2.24, 2.45) is 7.05 Å². The van der Waals surface area contributed by atoms with Crippen LogP contribution in [0.1, 0.15) is 17.8 Å². The van der Waals surface area contributed by atoms with Crippen molar-refractivity contribution in [2.45, 2.75) is 20.3 Å². The molecule has 1 fully saturated rings. The monoisotopic (exact) mass is 243 g/mol. The van der Waals surface area contributed by atoms with E-state index in [1.165, 1.54) is 6.42 Å². The van der Waals surface area contributed by atoms with Crippen molar-refractivity contribution < 1.29 is 0 Å².